The summed E-state index contributed by atoms with van der Waals surface area (Å²) in [6.45, 7) is 1.39. The molecule has 0 saturated carbocycles. The average Bonchev–Trinajstić information content (AvgIpc) is 2.62. The second-order valence-electron chi connectivity index (χ2n) is 5.81. The highest BCUT2D eigenvalue weighted by Gasteiger charge is 2.26. The lowest BCUT2D eigenvalue weighted by Gasteiger charge is -2.33. The van der Waals surface area contributed by atoms with Gasteiger partial charge < -0.3 is 15.0 Å². The zero-order valence-electron chi connectivity index (χ0n) is 13.5. The molecule has 0 unspecified atom stereocenters. The van der Waals surface area contributed by atoms with Gasteiger partial charge in [-0.3, -0.25) is 9.59 Å². The number of rotatable bonds is 4. The minimum Gasteiger partial charge on any atom is -0.497 e. The number of carbonyl (C=O) groups is 1. The molecule has 1 saturated heterocycles. The number of piperidine rings is 1. The monoisotopic (exact) mass is 328 g/mol. The van der Waals surface area contributed by atoms with Gasteiger partial charge in [-0.05, 0) is 37.1 Å². The van der Waals surface area contributed by atoms with Crippen molar-refractivity contribution >= 4 is 17.3 Å². The molecule has 7 nitrogen and oxygen atoms in total. The Labute approximate surface area is 139 Å². The lowest BCUT2D eigenvalue weighted by atomic mass is 9.96. The van der Waals surface area contributed by atoms with Gasteiger partial charge in [0.05, 0.1) is 24.9 Å². The fraction of sp³-hybridized carbons (Fsp3) is 0.353. The van der Waals surface area contributed by atoms with E-state index in [-0.39, 0.29) is 17.4 Å². The molecule has 1 aromatic heterocycles. The largest absolute Gasteiger partial charge is 0.497 e. The molecule has 2 aromatic rings. The van der Waals surface area contributed by atoms with E-state index < -0.39 is 0 Å². The fourth-order valence-electron chi connectivity index (χ4n) is 2.88. The van der Waals surface area contributed by atoms with Crippen molar-refractivity contribution in [3.8, 4) is 5.75 Å². The first-order valence-electron chi connectivity index (χ1n) is 7.90. The van der Waals surface area contributed by atoms with E-state index in [0.717, 1.165) is 36.5 Å². The van der Waals surface area contributed by atoms with E-state index in [1.165, 1.54) is 6.07 Å². The number of H-pyrrole nitrogens is 1. The highest BCUT2D eigenvalue weighted by atomic mass is 16.5. The summed E-state index contributed by atoms with van der Waals surface area (Å²) < 4.78 is 5.11. The number of carbonyl (C=O) groups excluding carboxylic acids is 1. The number of nitrogens with zero attached hydrogens (tertiary/aromatic N) is 2. The first kappa shape index (κ1) is 16.0. The van der Waals surface area contributed by atoms with Gasteiger partial charge in [0.25, 0.3) is 5.56 Å². The van der Waals surface area contributed by atoms with Gasteiger partial charge in [0.15, 0.2) is 0 Å². The number of aromatic amines is 1. The van der Waals surface area contributed by atoms with Crippen LogP contribution < -0.4 is 20.5 Å². The summed E-state index contributed by atoms with van der Waals surface area (Å²) in [5.41, 5.74) is 1.26. The summed E-state index contributed by atoms with van der Waals surface area (Å²) in [4.78, 5) is 26.0. The Morgan fingerprint density at radius 3 is 2.88 bits per heavy atom. The number of methoxy groups -OCH3 is 1. The Hall–Kier alpha value is -2.83. The van der Waals surface area contributed by atoms with Crippen molar-refractivity contribution in [2.75, 3.05) is 30.4 Å². The maximum atomic E-state index is 12.5. The van der Waals surface area contributed by atoms with Crippen LogP contribution in [0, 0.1) is 5.92 Å². The van der Waals surface area contributed by atoms with Crippen LogP contribution in [0.5, 0.6) is 5.75 Å². The smallest absolute Gasteiger partial charge is 0.266 e. The van der Waals surface area contributed by atoms with Gasteiger partial charge in [-0.1, -0.05) is 0 Å². The highest BCUT2D eigenvalue weighted by molar-refractivity contribution is 5.93. The van der Waals surface area contributed by atoms with Gasteiger partial charge in [-0.15, -0.1) is 0 Å². The summed E-state index contributed by atoms with van der Waals surface area (Å²) in [6, 6.07) is 8.77. The van der Waals surface area contributed by atoms with E-state index in [4.69, 9.17) is 4.74 Å². The van der Waals surface area contributed by atoms with Crippen LogP contribution in [-0.4, -0.2) is 36.3 Å². The molecular weight excluding hydrogens is 308 g/mol. The number of hydrogen-bond acceptors (Lipinski definition) is 5. The van der Waals surface area contributed by atoms with E-state index in [2.05, 4.69) is 15.5 Å². The summed E-state index contributed by atoms with van der Waals surface area (Å²) in [5, 5.41) is 9.13. The molecule has 1 atom stereocenters. The van der Waals surface area contributed by atoms with Gasteiger partial charge >= 0.3 is 0 Å². The van der Waals surface area contributed by atoms with E-state index in [1.54, 1.807) is 13.3 Å². The number of ether oxygens (including phenoxy) is 1. The zero-order valence-corrected chi connectivity index (χ0v) is 13.5. The Balaban J connectivity index is 1.65. The molecule has 3 rings (SSSR count). The molecular formula is C17H20N4O3. The van der Waals surface area contributed by atoms with Gasteiger partial charge in [-0.25, -0.2) is 5.10 Å². The van der Waals surface area contributed by atoms with Gasteiger partial charge in [0, 0.05) is 24.8 Å². The van der Waals surface area contributed by atoms with E-state index in [9.17, 15) is 9.59 Å². The highest BCUT2D eigenvalue weighted by Crippen LogP contribution is 2.23. The zero-order chi connectivity index (χ0) is 16.9. The maximum absolute atomic E-state index is 12.5. The number of nitrogens with one attached hydrogen (secondary N) is 2. The van der Waals surface area contributed by atoms with E-state index in [1.807, 2.05) is 29.2 Å². The molecule has 0 aliphatic carbocycles. The van der Waals surface area contributed by atoms with Crippen LogP contribution in [0.4, 0.5) is 11.4 Å². The Morgan fingerprint density at radius 1 is 1.38 bits per heavy atom. The normalized spacial score (nSPS) is 17.4. The third-order valence-corrected chi connectivity index (χ3v) is 4.17. The molecule has 1 amide bonds. The molecule has 7 heteroatoms. The Morgan fingerprint density at radius 2 is 2.17 bits per heavy atom. The quantitative estimate of drug-likeness (QED) is 0.891. The SMILES string of the molecule is COc1ccc(NC(=O)[C@H]2CCCN(c3cn[nH]c(=O)c3)C2)cc1. The van der Waals surface area contributed by atoms with E-state index in [0.29, 0.717) is 6.54 Å². The van der Waals surface area contributed by atoms with Crippen LogP contribution in [0.25, 0.3) is 0 Å². The number of benzene rings is 1. The predicted octanol–water partition coefficient (Wildman–Crippen LogP) is 1.63. The Kier molecular flexibility index (Phi) is 4.79. The van der Waals surface area contributed by atoms with Crippen LogP contribution in [0.3, 0.4) is 0 Å². The summed E-state index contributed by atoms with van der Waals surface area (Å²) in [7, 11) is 1.60. The van der Waals surface area contributed by atoms with Crippen LogP contribution in [0.2, 0.25) is 0 Å². The number of amides is 1. The number of aromatic nitrogens is 2. The molecule has 126 valence electrons. The number of hydrogen-bond donors (Lipinski definition) is 2. The van der Waals surface area contributed by atoms with Crippen molar-refractivity contribution < 1.29 is 9.53 Å². The molecule has 1 aromatic carbocycles. The molecule has 0 spiro atoms. The lowest BCUT2D eigenvalue weighted by molar-refractivity contribution is -0.120. The van der Waals surface area contributed by atoms with Crippen molar-refractivity contribution in [3.63, 3.8) is 0 Å². The van der Waals surface area contributed by atoms with Crippen molar-refractivity contribution in [1.29, 1.82) is 0 Å². The fourth-order valence-corrected chi connectivity index (χ4v) is 2.88. The second-order valence-corrected chi connectivity index (χ2v) is 5.81. The maximum Gasteiger partial charge on any atom is 0.266 e. The second kappa shape index (κ2) is 7.16. The molecule has 24 heavy (non-hydrogen) atoms. The standard InChI is InChI=1S/C17H20N4O3/c1-24-15-6-4-13(5-7-15)19-17(23)12-3-2-8-21(11-12)14-9-16(22)20-18-10-14/h4-7,9-10,12H,2-3,8,11H2,1H3,(H,19,23)(H,20,22)/t12-/m0/s1. The molecule has 1 fully saturated rings. The third kappa shape index (κ3) is 3.73. The Bertz CT molecular complexity index is 757. The van der Waals surface area contributed by atoms with Crippen LogP contribution >= 0.6 is 0 Å². The number of anilines is 2. The van der Waals surface area contributed by atoms with Crippen molar-refractivity contribution in [2.24, 2.45) is 5.92 Å². The van der Waals surface area contributed by atoms with Crippen molar-refractivity contribution in [3.05, 3.63) is 46.9 Å². The predicted molar refractivity (Wildman–Crippen MR) is 91.4 cm³/mol. The summed E-state index contributed by atoms with van der Waals surface area (Å²) in [5.74, 6) is 0.612. The molecule has 1 aliphatic rings. The third-order valence-electron chi connectivity index (χ3n) is 4.17. The minimum atomic E-state index is -0.239. The van der Waals surface area contributed by atoms with Gasteiger partial charge in [-0.2, -0.15) is 5.10 Å². The average molecular weight is 328 g/mol. The molecule has 2 heterocycles. The summed E-state index contributed by atoms with van der Waals surface area (Å²) >= 11 is 0. The molecule has 0 radical (unpaired) electrons. The van der Waals surface area contributed by atoms with E-state index >= 15 is 0 Å². The molecule has 2 N–H and O–H groups in total. The van der Waals surface area contributed by atoms with Crippen molar-refractivity contribution in [1.82, 2.24) is 10.2 Å². The summed E-state index contributed by atoms with van der Waals surface area (Å²) in [6.07, 6.45) is 3.34. The van der Waals surface area contributed by atoms with Gasteiger partial charge in [0.2, 0.25) is 5.91 Å². The molecule has 0 bridgehead atoms. The first-order chi connectivity index (χ1) is 11.7. The lowest BCUT2D eigenvalue weighted by Crippen LogP contribution is -2.41. The molecule has 1 aliphatic heterocycles. The van der Waals surface area contributed by atoms with Crippen molar-refractivity contribution in [2.45, 2.75) is 12.8 Å². The first-order valence-corrected chi connectivity index (χ1v) is 7.90. The van der Waals surface area contributed by atoms with Gasteiger partial charge in [0.1, 0.15) is 5.75 Å². The van der Waals surface area contributed by atoms with Crippen LogP contribution in [-0.2, 0) is 4.79 Å². The minimum absolute atomic E-state index is 0.0114. The van der Waals surface area contributed by atoms with Crippen LogP contribution in [0.15, 0.2) is 41.3 Å². The topological polar surface area (TPSA) is 87.3 Å². The van der Waals surface area contributed by atoms with Crippen LogP contribution in [0.1, 0.15) is 12.8 Å².